The Hall–Kier alpha value is -1.59. The van der Waals surface area contributed by atoms with E-state index in [1.807, 2.05) is 44.3 Å². The number of rotatable bonds is 3. The summed E-state index contributed by atoms with van der Waals surface area (Å²) in [6, 6.07) is 7.81. The van der Waals surface area contributed by atoms with E-state index in [0.29, 0.717) is 0 Å². The van der Waals surface area contributed by atoms with Gasteiger partial charge in [-0.1, -0.05) is 32.0 Å². The fourth-order valence-electron chi connectivity index (χ4n) is 2.14. The van der Waals surface area contributed by atoms with Crippen LogP contribution >= 0.6 is 0 Å². The molecule has 4 nitrogen and oxygen atoms in total. The van der Waals surface area contributed by atoms with Crippen molar-refractivity contribution in [2.24, 2.45) is 5.73 Å². The Morgan fingerprint density at radius 2 is 1.84 bits per heavy atom. The van der Waals surface area contributed by atoms with Crippen LogP contribution < -0.4 is 5.73 Å². The van der Waals surface area contributed by atoms with Crippen molar-refractivity contribution in [1.29, 1.82) is 0 Å². The van der Waals surface area contributed by atoms with Crippen molar-refractivity contribution < 1.29 is 9.90 Å². The van der Waals surface area contributed by atoms with Crippen molar-refractivity contribution in [2.45, 2.75) is 31.7 Å². The first-order chi connectivity index (χ1) is 8.28. The monoisotopic (exact) mass is 278 g/mol. The molecule has 19 heavy (non-hydrogen) atoms. The summed E-state index contributed by atoms with van der Waals surface area (Å²) in [6.45, 7) is 5.27. The van der Waals surface area contributed by atoms with Crippen LogP contribution in [0, 0.1) is 0 Å². The Morgan fingerprint density at radius 3 is 2.42 bits per heavy atom. The summed E-state index contributed by atoms with van der Waals surface area (Å²) < 4.78 is 0. The van der Waals surface area contributed by atoms with Crippen LogP contribution in [0.1, 0.15) is 26.3 Å². The van der Waals surface area contributed by atoms with Gasteiger partial charge in [-0.25, -0.2) is 0 Å². The van der Waals surface area contributed by atoms with Gasteiger partial charge >= 0.3 is 5.97 Å². The molecule has 1 aromatic carbocycles. The van der Waals surface area contributed by atoms with E-state index >= 15 is 0 Å². The summed E-state index contributed by atoms with van der Waals surface area (Å²) in [5.74, 6) is -1.00. The molecule has 0 saturated carbocycles. The molecule has 0 unspecified atom stereocenters. The van der Waals surface area contributed by atoms with Gasteiger partial charge in [-0.15, -0.1) is 0 Å². The maximum absolute atomic E-state index is 11.4. The lowest BCUT2D eigenvalue weighted by molar-refractivity contribution is -0.145. The highest BCUT2D eigenvalue weighted by Gasteiger charge is 2.46. The molecule has 4 N–H and O–H groups in total. The van der Waals surface area contributed by atoms with Crippen LogP contribution in [0.15, 0.2) is 30.5 Å². The first-order valence-electron chi connectivity index (χ1n) is 5.87. The topological polar surface area (TPSA) is 79.1 Å². The van der Waals surface area contributed by atoms with Crippen molar-refractivity contribution in [3.63, 3.8) is 0 Å². The minimum atomic E-state index is -1.34. The standard InChI is InChI=1S/C14H18N2O2.H4Si/c1-13(2,14(3,15)12(17)18)10-8-16-11-7-5-4-6-9(10)11;/h4-8,16H,15H2,1-3H3,(H,17,18);1H4/t14-;/m1./s1. The Bertz CT molecular complexity index is 602. The van der Waals surface area contributed by atoms with Gasteiger partial charge in [-0.05, 0) is 29.5 Å². The van der Waals surface area contributed by atoms with Gasteiger partial charge in [0, 0.05) is 22.5 Å². The minimum absolute atomic E-state index is 0. The number of H-pyrrole nitrogens is 1. The molecule has 2 rings (SSSR count). The van der Waals surface area contributed by atoms with Gasteiger partial charge in [0.25, 0.3) is 0 Å². The number of carboxylic acids is 1. The molecule has 0 aliphatic carbocycles. The summed E-state index contributed by atoms with van der Waals surface area (Å²) in [5, 5.41) is 10.3. The van der Waals surface area contributed by atoms with E-state index in [-0.39, 0.29) is 11.0 Å². The molecule has 0 saturated heterocycles. The number of nitrogens with one attached hydrogen (secondary N) is 1. The molecular weight excluding hydrogens is 256 g/mol. The molecule has 1 atom stereocenters. The van der Waals surface area contributed by atoms with E-state index in [4.69, 9.17) is 5.73 Å². The largest absolute Gasteiger partial charge is 0.480 e. The quantitative estimate of drug-likeness (QED) is 0.727. The van der Waals surface area contributed by atoms with E-state index in [9.17, 15) is 9.90 Å². The van der Waals surface area contributed by atoms with Crippen molar-refractivity contribution in [2.75, 3.05) is 0 Å². The number of aliphatic carboxylic acids is 1. The average Bonchev–Trinajstić information content (AvgIpc) is 2.72. The van der Waals surface area contributed by atoms with Crippen molar-refractivity contribution in [1.82, 2.24) is 4.98 Å². The molecule has 0 radical (unpaired) electrons. The van der Waals surface area contributed by atoms with Crippen LogP contribution in [0.2, 0.25) is 0 Å². The molecule has 0 amide bonds. The van der Waals surface area contributed by atoms with E-state index < -0.39 is 16.9 Å². The lowest BCUT2D eigenvalue weighted by atomic mass is 9.69. The molecule has 104 valence electrons. The molecular formula is C14H22N2O2Si. The molecule has 1 aromatic heterocycles. The molecule has 0 bridgehead atoms. The highest BCUT2D eigenvalue weighted by Crippen LogP contribution is 2.37. The third-order valence-corrected chi connectivity index (χ3v) is 4.01. The smallest absolute Gasteiger partial charge is 0.324 e. The van der Waals surface area contributed by atoms with Crippen molar-refractivity contribution in [3.8, 4) is 0 Å². The van der Waals surface area contributed by atoms with E-state index in [2.05, 4.69) is 4.98 Å². The number of hydrogen-bond donors (Lipinski definition) is 3. The number of fused-ring (bicyclic) bond motifs is 1. The van der Waals surface area contributed by atoms with Gasteiger partial charge < -0.3 is 15.8 Å². The molecule has 5 heteroatoms. The first kappa shape index (κ1) is 15.5. The van der Waals surface area contributed by atoms with E-state index in [1.165, 1.54) is 0 Å². The van der Waals surface area contributed by atoms with Gasteiger partial charge in [-0.3, -0.25) is 4.79 Å². The van der Waals surface area contributed by atoms with Crippen LogP contribution in [0.5, 0.6) is 0 Å². The van der Waals surface area contributed by atoms with Crippen LogP contribution in [-0.2, 0) is 10.2 Å². The fourth-order valence-corrected chi connectivity index (χ4v) is 2.14. The number of aromatic amines is 1. The zero-order valence-corrected chi connectivity index (χ0v) is 10.8. The maximum atomic E-state index is 11.4. The van der Waals surface area contributed by atoms with E-state index in [1.54, 1.807) is 6.92 Å². The maximum Gasteiger partial charge on any atom is 0.324 e. The van der Waals surface area contributed by atoms with Gasteiger partial charge in [0.1, 0.15) is 5.54 Å². The SMILES string of the molecule is CC(C)(c1c[nH]c2ccccc12)[C@](C)(N)C(=O)O.[SiH4]. The molecule has 1 heterocycles. The number of para-hydroxylation sites is 1. The highest BCUT2D eigenvalue weighted by molar-refractivity contribution is 5.87. The van der Waals surface area contributed by atoms with Crippen LogP contribution in [0.25, 0.3) is 10.9 Å². The number of carboxylic acid groups (broad SMARTS) is 1. The number of benzene rings is 1. The number of aromatic nitrogens is 1. The van der Waals surface area contributed by atoms with Gasteiger partial charge in [-0.2, -0.15) is 0 Å². The van der Waals surface area contributed by atoms with Crippen LogP contribution in [0.3, 0.4) is 0 Å². The third-order valence-electron chi connectivity index (χ3n) is 4.01. The normalized spacial score (nSPS) is 14.7. The zero-order valence-electron chi connectivity index (χ0n) is 10.8. The van der Waals surface area contributed by atoms with Crippen molar-refractivity contribution >= 4 is 27.8 Å². The second-order valence-corrected chi connectivity index (χ2v) is 5.38. The summed E-state index contributed by atoms with van der Waals surface area (Å²) >= 11 is 0. The predicted octanol–water partition coefficient (Wildman–Crippen LogP) is 0.796. The van der Waals surface area contributed by atoms with Gasteiger partial charge in [0.2, 0.25) is 0 Å². The zero-order chi connectivity index (χ0) is 13.6. The second kappa shape index (κ2) is 4.83. The minimum Gasteiger partial charge on any atom is -0.480 e. The second-order valence-electron chi connectivity index (χ2n) is 5.38. The summed E-state index contributed by atoms with van der Waals surface area (Å²) in [7, 11) is 0. The molecule has 0 fully saturated rings. The fraction of sp³-hybridized carbons (Fsp3) is 0.357. The van der Waals surface area contributed by atoms with Gasteiger partial charge in [0.05, 0.1) is 0 Å². The Kier molecular flexibility index (Phi) is 3.93. The lowest BCUT2D eigenvalue weighted by Gasteiger charge is -2.37. The molecule has 0 aliphatic heterocycles. The third kappa shape index (κ3) is 2.19. The Balaban J connectivity index is 0.00000180. The Morgan fingerprint density at radius 1 is 1.26 bits per heavy atom. The van der Waals surface area contributed by atoms with E-state index in [0.717, 1.165) is 16.5 Å². The first-order valence-corrected chi connectivity index (χ1v) is 5.87. The average molecular weight is 278 g/mol. The summed E-state index contributed by atoms with van der Waals surface area (Å²) in [5.41, 5.74) is 5.90. The molecule has 0 spiro atoms. The van der Waals surface area contributed by atoms with Crippen molar-refractivity contribution in [3.05, 3.63) is 36.0 Å². The molecule has 2 aromatic rings. The lowest BCUT2D eigenvalue weighted by Crippen LogP contribution is -2.58. The van der Waals surface area contributed by atoms with Crippen LogP contribution in [0.4, 0.5) is 0 Å². The number of nitrogens with two attached hydrogens (primary N) is 1. The summed E-state index contributed by atoms with van der Waals surface area (Å²) in [6.07, 6.45) is 1.85. The summed E-state index contributed by atoms with van der Waals surface area (Å²) in [4.78, 5) is 14.5. The predicted molar refractivity (Wildman–Crippen MR) is 82.9 cm³/mol. The highest BCUT2D eigenvalue weighted by atomic mass is 28.1. The van der Waals surface area contributed by atoms with Crippen LogP contribution in [-0.4, -0.2) is 32.6 Å². The number of hydrogen-bond acceptors (Lipinski definition) is 2. The Labute approximate surface area is 117 Å². The number of carbonyl (C=O) groups is 1. The van der Waals surface area contributed by atoms with Gasteiger partial charge in [0.15, 0.2) is 0 Å². The molecule has 0 aliphatic rings.